The van der Waals surface area contributed by atoms with Crippen LogP contribution < -0.4 is 5.56 Å². The van der Waals surface area contributed by atoms with Crippen molar-refractivity contribution in [1.29, 1.82) is 0 Å². The lowest BCUT2D eigenvalue weighted by atomic mass is 10.1. The number of H-pyrrole nitrogens is 1. The van der Waals surface area contributed by atoms with Gasteiger partial charge in [0.2, 0.25) is 0 Å². The molecule has 1 atom stereocenters. The van der Waals surface area contributed by atoms with Gasteiger partial charge in [-0.1, -0.05) is 29.3 Å². The first kappa shape index (κ1) is 17.0. The number of carbonyl (C=O) groups excluding carboxylic acids is 1. The highest BCUT2D eigenvalue weighted by Crippen LogP contribution is 2.25. The number of likely N-dealkylation sites (tertiary alicyclic amines) is 1. The van der Waals surface area contributed by atoms with Crippen LogP contribution in [0.25, 0.3) is 0 Å². The number of carbonyl (C=O) groups is 1. The van der Waals surface area contributed by atoms with Gasteiger partial charge >= 0.3 is 0 Å². The highest BCUT2D eigenvalue weighted by Gasteiger charge is 2.27. The highest BCUT2D eigenvalue weighted by atomic mass is 35.5. The van der Waals surface area contributed by atoms with E-state index < -0.39 is 5.56 Å². The summed E-state index contributed by atoms with van der Waals surface area (Å²) in [6.07, 6.45) is 3.55. The summed E-state index contributed by atoms with van der Waals surface area (Å²) in [4.78, 5) is 33.4. The van der Waals surface area contributed by atoms with Gasteiger partial charge in [0, 0.05) is 35.2 Å². The van der Waals surface area contributed by atoms with Crippen LogP contribution in [-0.2, 0) is 6.42 Å². The summed E-state index contributed by atoms with van der Waals surface area (Å²) in [5.74, 6) is 0.150. The van der Waals surface area contributed by atoms with Gasteiger partial charge in [0.05, 0.1) is 0 Å². The molecule has 1 aromatic carbocycles. The minimum Gasteiger partial charge on any atom is -0.336 e. The number of rotatable bonds is 3. The molecule has 3 rings (SSSR count). The van der Waals surface area contributed by atoms with E-state index in [0.717, 1.165) is 12.8 Å². The molecule has 24 heavy (non-hydrogen) atoms. The summed E-state index contributed by atoms with van der Waals surface area (Å²) >= 11 is 12.3. The van der Waals surface area contributed by atoms with Gasteiger partial charge in [-0.25, -0.2) is 4.98 Å². The number of amides is 1. The van der Waals surface area contributed by atoms with Crippen LogP contribution in [0.3, 0.4) is 0 Å². The maximum absolute atomic E-state index is 12.5. The van der Waals surface area contributed by atoms with Gasteiger partial charge in [-0.15, -0.1) is 0 Å². The third-order valence-electron chi connectivity index (χ3n) is 4.30. The Kier molecular flexibility index (Phi) is 4.92. The Bertz CT molecular complexity index is 815. The second kappa shape index (κ2) is 6.95. The average molecular weight is 366 g/mol. The number of halogens is 2. The van der Waals surface area contributed by atoms with E-state index in [9.17, 15) is 9.59 Å². The van der Waals surface area contributed by atoms with Crippen LogP contribution in [0.5, 0.6) is 0 Å². The van der Waals surface area contributed by atoms with Crippen molar-refractivity contribution < 1.29 is 4.79 Å². The number of nitrogens with one attached hydrogen (secondary N) is 1. The Morgan fingerprint density at radius 2 is 2.08 bits per heavy atom. The van der Waals surface area contributed by atoms with E-state index in [1.165, 1.54) is 6.20 Å². The van der Waals surface area contributed by atoms with Gasteiger partial charge in [0.1, 0.15) is 11.4 Å². The van der Waals surface area contributed by atoms with E-state index in [0.29, 0.717) is 34.4 Å². The van der Waals surface area contributed by atoms with E-state index in [2.05, 4.69) is 9.97 Å². The quantitative estimate of drug-likeness (QED) is 0.907. The van der Waals surface area contributed by atoms with E-state index in [-0.39, 0.29) is 17.5 Å². The third-order valence-corrected chi connectivity index (χ3v) is 5.01. The standard InChI is InChI=1S/C17H17Cl2N3O2/c1-10-4-3-7-22(10)17(24)12-9-20-15(21-16(12)23)8-11-13(18)5-2-6-14(11)19/h2,5-6,9-10H,3-4,7-8H2,1H3,(H,20,21,23)/t10-/m1/s1. The topological polar surface area (TPSA) is 66.1 Å². The van der Waals surface area contributed by atoms with E-state index in [1.807, 2.05) is 6.92 Å². The normalized spacial score (nSPS) is 17.3. The molecule has 0 unspecified atom stereocenters. The van der Waals surface area contributed by atoms with Crippen molar-refractivity contribution in [3.63, 3.8) is 0 Å². The molecule has 1 saturated heterocycles. The minimum absolute atomic E-state index is 0.0674. The summed E-state index contributed by atoms with van der Waals surface area (Å²) in [5, 5.41) is 1.02. The Balaban J connectivity index is 1.85. The molecule has 0 aliphatic carbocycles. The summed E-state index contributed by atoms with van der Waals surface area (Å²) in [6.45, 7) is 2.66. The number of hydrogen-bond donors (Lipinski definition) is 1. The molecule has 1 N–H and O–H groups in total. The van der Waals surface area contributed by atoms with Crippen molar-refractivity contribution in [2.75, 3.05) is 6.54 Å². The Hall–Kier alpha value is -1.85. The smallest absolute Gasteiger partial charge is 0.263 e. The molecule has 2 heterocycles. The molecule has 1 fully saturated rings. The van der Waals surface area contributed by atoms with Gasteiger partial charge in [-0.05, 0) is 37.5 Å². The van der Waals surface area contributed by atoms with Gasteiger partial charge in [-0.2, -0.15) is 0 Å². The fraction of sp³-hybridized carbons (Fsp3) is 0.353. The van der Waals surface area contributed by atoms with Crippen molar-refractivity contribution in [2.24, 2.45) is 0 Å². The number of aromatic amines is 1. The first-order chi connectivity index (χ1) is 11.5. The molecule has 1 aromatic heterocycles. The molecule has 7 heteroatoms. The van der Waals surface area contributed by atoms with Crippen LogP contribution >= 0.6 is 23.2 Å². The number of aromatic nitrogens is 2. The fourth-order valence-corrected chi connectivity index (χ4v) is 3.46. The lowest BCUT2D eigenvalue weighted by Crippen LogP contribution is -2.37. The van der Waals surface area contributed by atoms with Crippen molar-refractivity contribution in [1.82, 2.24) is 14.9 Å². The minimum atomic E-state index is -0.438. The SMILES string of the molecule is C[C@@H]1CCCN1C(=O)c1cnc(Cc2c(Cl)cccc2Cl)[nH]c1=O. The van der Waals surface area contributed by atoms with Gasteiger partial charge in [-0.3, -0.25) is 9.59 Å². The molecule has 126 valence electrons. The van der Waals surface area contributed by atoms with Crippen LogP contribution in [-0.4, -0.2) is 33.4 Å². The number of hydrogen-bond acceptors (Lipinski definition) is 3. The zero-order valence-corrected chi connectivity index (χ0v) is 14.7. The largest absolute Gasteiger partial charge is 0.336 e. The predicted octanol–water partition coefficient (Wildman–Crippen LogP) is 3.29. The molecule has 2 aromatic rings. The van der Waals surface area contributed by atoms with Crippen LogP contribution in [0, 0.1) is 0 Å². The van der Waals surface area contributed by atoms with Crippen LogP contribution in [0.1, 0.15) is 41.5 Å². The monoisotopic (exact) mass is 365 g/mol. The van der Waals surface area contributed by atoms with Crippen LogP contribution in [0.2, 0.25) is 10.0 Å². The zero-order chi connectivity index (χ0) is 17.3. The Labute approximate surface area is 149 Å². The van der Waals surface area contributed by atoms with Crippen molar-refractivity contribution in [3.8, 4) is 0 Å². The molecule has 1 amide bonds. The second-order valence-electron chi connectivity index (χ2n) is 5.94. The maximum Gasteiger partial charge on any atom is 0.263 e. The Morgan fingerprint density at radius 1 is 1.38 bits per heavy atom. The fourth-order valence-electron chi connectivity index (χ4n) is 2.93. The maximum atomic E-state index is 12.5. The lowest BCUT2D eigenvalue weighted by molar-refractivity contribution is 0.0745. The molecule has 0 radical (unpaired) electrons. The zero-order valence-electron chi connectivity index (χ0n) is 13.2. The summed E-state index contributed by atoms with van der Waals surface area (Å²) in [6, 6.07) is 5.36. The third kappa shape index (κ3) is 3.32. The highest BCUT2D eigenvalue weighted by molar-refractivity contribution is 6.36. The molecule has 1 aliphatic rings. The van der Waals surface area contributed by atoms with Crippen LogP contribution in [0.15, 0.2) is 29.2 Å². The summed E-state index contributed by atoms with van der Waals surface area (Å²) < 4.78 is 0. The first-order valence-corrected chi connectivity index (χ1v) is 8.55. The summed E-state index contributed by atoms with van der Waals surface area (Å²) in [7, 11) is 0. The van der Waals surface area contributed by atoms with Crippen molar-refractivity contribution >= 4 is 29.1 Å². The van der Waals surface area contributed by atoms with Gasteiger partial charge in [0.25, 0.3) is 11.5 Å². The molecule has 0 spiro atoms. The average Bonchev–Trinajstić information content (AvgIpc) is 2.97. The second-order valence-corrected chi connectivity index (χ2v) is 6.75. The van der Waals surface area contributed by atoms with E-state index >= 15 is 0 Å². The van der Waals surface area contributed by atoms with E-state index in [4.69, 9.17) is 23.2 Å². The van der Waals surface area contributed by atoms with Crippen molar-refractivity contribution in [2.45, 2.75) is 32.2 Å². The van der Waals surface area contributed by atoms with Crippen molar-refractivity contribution in [3.05, 3.63) is 61.7 Å². The molecule has 1 aliphatic heterocycles. The molecular weight excluding hydrogens is 349 g/mol. The molecule has 0 saturated carbocycles. The Morgan fingerprint density at radius 3 is 2.67 bits per heavy atom. The van der Waals surface area contributed by atoms with Crippen LogP contribution in [0.4, 0.5) is 0 Å². The summed E-state index contributed by atoms with van der Waals surface area (Å²) in [5.41, 5.74) is 0.321. The molecule has 5 nitrogen and oxygen atoms in total. The lowest BCUT2D eigenvalue weighted by Gasteiger charge is -2.20. The van der Waals surface area contributed by atoms with E-state index in [1.54, 1.807) is 23.1 Å². The number of benzene rings is 1. The number of nitrogens with zero attached hydrogens (tertiary/aromatic N) is 2. The van der Waals surface area contributed by atoms with Gasteiger partial charge in [0.15, 0.2) is 0 Å². The predicted molar refractivity (Wildman–Crippen MR) is 93.9 cm³/mol. The van der Waals surface area contributed by atoms with Gasteiger partial charge < -0.3 is 9.88 Å². The first-order valence-electron chi connectivity index (χ1n) is 7.79. The molecular formula is C17H17Cl2N3O2. The molecule has 0 bridgehead atoms.